The van der Waals surface area contributed by atoms with Crippen molar-refractivity contribution in [3.63, 3.8) is 0 Å². The Morgan fingerprint density at radius 3 is 2.62 bits per heavy atom. The number of benzene rings is 2. The van der Waals surface area contributed by atoms with Gasteiger partial charge in [-0.05, 0) is 30.7 Å². The number of carboxylic acids is 1. The van der Waals surface area contributed by atoms with Crippen molar-refractivity contribution in [3.05, 3.63) is 64.1 Å². The summed E-state index contributed by atoms with van der Waals surface area (Å²) in [4.78, 5) is 16.1. The van der Waals surface area contributed by atoms with Gasteiger partial charge in [0, 0.05) is 15.4 Å². The highest BCUT2D eigenvalue weighted by Crippen LogP contribution is 2.28. The predicted molar refractivity (Wildman–Crippen MR) is 86.6 cm³/mol. The number of halogens is 1. The van der Waals surface area contributed by atoms with E-state index in [2.05, 4.69) is 20.9 Å². The zero-order valence-corrected chi connectivity index (χ0v) is 12.9. The van der Waals surface area contributed by atoms with E-state index in [0.717, 1.165) is 15.6 Å². The molecule has 0 spiro atoms. The summed E-state index contributed by atoms with van der Waals surface area (Å²) < 4.78 is 0.876. The predicted octanol–water partition coefficient (Wildman–Crippen LogP) is 4.67. The lowest BCUT2D eigenvalue weighted by Crippen LogP contribution is -2.00. The summed E-state index contributed by atoms with van der Waals surface area (Å²) >= 11 is 3.40. The molecule has 0 amide bonds. The molecule has 0 aliphatic rings. The van der Waals surface area contributed by atoms with Gasteiger partial charge in [0.1, 0.15) is 0 Å². The van der Waals surface area contributed by atoms with Crippen molar-refractivity contribution in [1.29, 1.82) is 0 Å². The monoisotopic (exact) mass is 341 g/mol. The minimum atomic E-state index is -0.945. The van der Waals surface area contributed by atoms with Crippen LogP contribution in [0.1, 0.15) is 15.9 Å². The number of aromatic nitrogens is 1. The maximum atomic E-state index is 11.5. The van der Waals surface area contributed by atoms with Crippen LogP contribution in [0.3, 0.4) is 0 Å². The van der Waals surface area contributed by atoms with Crippen LogP contribution in [-0.2, 0) is 0 Å². The van der Waals surface area contributed by atoms with E-state index in [0.29, 0.717) is 16.6 Å². The van der Waals surface area contributed by atoms with Gasteiger partial charge in [-0.2, -0.15) is 0 Å². The second kappa shape index (κ2) is 5.30. The van der Waals surface area contributed by atoms with Crippen molar-refractivity contribution in [2.45, 2.75) is 6.92 Å². The zero-order valence-electron chi connectivity index (χ0n) is 11.3. The first kappa shape index (κ1) is 13.8. The number of hydrogen-bond donors (Lipinski definition) is 1. The third kappa shape index (κ3) is 2.54. The number of rotatable bonds is 2. The highest BCUT2D eigenvalue weighted by atomic mass is 79.9. The summed E-state index contributed by atoms with van der Waals surface area (Å²) in [5, 5.41) is 10.1. The molecule has 3 nitrogen and oxygen atoms in total. The molecular formula is C17H12BrNO2. The van der Waals surface area contributed by atoms with Gasteiger partial charge < -0.3 is 5.11 Å². The Morgan fingerprint density at radius 1 is 1.14 bits per heavy atom. The van der Waals surface area contributed by atoms with Gasteiger partial charge in [0.2, 0.25) is 0 Å². The summed E-state index contributed by atoms with van der Waals surface area (Å²) in [6, 6.07) is 14.9. The number of pyridine rings is 1. The molecule has 1 heterocycles. The van der Waals surface area contributed by atoms with Gasteiger partial charge in [0.25, 0.3) is 0 Å². The summed E-state index contributed by atoms with van der Waals surface area (Å²) in [6.07, 6.45) is 0. The number of nitrogens with zero attached hydrogens (tertiary/aromatic N) is 1. The van der Waals surface area contributed by atoms with Crippen molar-refractivity contribution in [2.24, 2.45) is 0 Å². The minimum Gasteiger partial charge on any atom is -0.478 e. The van der Waals surface area contributed by atoms with Crippen LogP contribution in [-0.4, -0.2) is 16.1 Å². The van der Waals surface area contributed by atoms with E-state index < -0.39 is 5.97 Å². The smallest absolute Gasteiger partial charge is 0.336 e. The van der Waals surface area contributed by atoms with E-state index in [1.807, 2.05) is 43.3 Å². The fraction of sp³-hybridized carbons (Fsp3) is 0.0588. The molecule has 0 atom stereocenters. The van der Waals surface area contributed by atoms with Crippen LogP contribution in [0.5, 0.6) is 0 Å². The average molecular weight is 342 g/mol. The first-order chi connectivity index (χ1) is 10.1. The van der Waals surface area contributed by atoms with Crippen LogP contribution < -0.4 is 0 Å². The SMILES string of the molecule is Cc1ccccc1-c1cc(C(=O)O)c2ccc(Br)cc2n1. The van der Waals surface area contributed by atoms with Gasteiger partial charge in [0.15, 0.2) is 0 Å². The molecule has 0 fully saturated rings. The number of carboxylic acid groups (broad SMARTS) is 1. The van der Waals surface area contributed by atoms with E-state index in [9.17, 15) is 9.90 Å². The van der Waals surface area contributed by atoms with E-state index in [-0.39, 0.29) is 5.56 Å². The van der Waals surface area contributed by atoms with E-state index in [1.54, 1.807) is 12.1 Å². The molecule has 0 aliphatic carbocycles. The van der Waals surface area contributed by atoms with E-state index in [4.69, 9.17) is 0 Å². The molecule has 4 heteroatoms. The number of fused-ring (bicyclic) bond motifs is 1. The number of hydrogen-bond acceptors (Lipinski definition) is 2. The molecule has 3 rings (SSSR count). The zero-order chi connectivity index (χ0) is 15.0. The number of aryl methyl sites for hydroxylation is 1. The van der Waals surface area contributed by atoms with Gasteiger partial charge in [-0.15, -0.1) is 0 Å². The molecule has 0 bridgehead atoms. The Labute approximate surface area is 130 Å². The normalized spacial score (nSPS) is 10.8. The second-order valence-electron chi connectivity index (χ2n) is 4.84. The Morgan fingerprint density at radius 2 is 1.90 bits per heavy atom. The van der Waals surface area contributed by atoms with Crippen LogP contribution in [0.15, 0.2) is 53.0 Å². The lowest BCUT2D eigenvalue weighted by Gasteiger charge is -2.09. The largest absolute Gasteiger partial charge is 0.478 e. The van der Waals surface area contributed by atoms with Gasteiger partial charge in [-0.3, -0.25) is 0 Å². The maximum Gasteiger partial charge on any atom is 0.336 e. The molecule has 2 aromatic carbocycles. The quantitative estimate of drug-likeness (QED) is 0.736. The first-order valence-corrected chi connectivity index (χ1v) is 7.25. The second-order valence-corrected chi connectivity index (χ2v) is 5.75. The summed E-state index contributed by atoms with van der Waals surface area (Å²) in [5.74, 6) is -0.945. The van der Waals surface area contributed by atoms with Gasteiger partial charge in [-0.1, -0.05) is 46.3 Å². The van der Waals surface area contributed by atoms with Crippen molar-refractivity contribution in [2.75, 3.05) is 0 Å². The average Bonchev–Trinajstić information content (AvgIpc) is 2.46. The molecular weight excluding hydrogens is 330 g/mol. The summed E-state index contributed by atoms with van der Waals surface area (Å²) in [7, 11) is 0. The van der Waals surface area contributed by atoms with Crippen molar-refractivity contribution >= 4 is 32.8 Å². The molecule has 104 valence electrons. The Bertz CT molecular complexity index is 859. The highest BCUT2D eigenvalue weighted by Gasteiger charge is 2.14. The molecule has 0 saturated carbocycles. The molecule has 1 N–H and O–H groups in total. The van der Waals surface area contributed by atoms with Crippen molar-refractivity contribution in [1.82, 2.24) is 4.98 Å². The number of aromatic carboxylic acids is 1. The fourth-order valence-corrected chi connectivity index (χ4v) is 2.73. The number of carbonyl (C=O) groups is 1. The Balaban J connectivity index is 2.35. The van der Waals surface area contributed by atoms with Gasteiger partial charge in [-0.25, -0.2) is 9.78 Å². The van der Waals surface area contributed by atoms with Crippen molar-refractivity contribution < 1.29 is 9.90 Å². The van der Waals surface area contributed by atoms with Gasteiger partial charge >= 0.3 is 5.97 Å². The standard InChI is InChI=1S/C17H12BrNO2/c1-10-4-2-3-5-12(10)16-9-14(17(20)21)13-7-6-11(18)8-15(13)19-16/h2-9H,1H3,(H,20,21). The van der Waals surface area contributed by atoms with Crippen molar-refractivity contribution in [3.8, 4) is 11.3 Å². The van der Waals surface area contributed by atoms with E-state index >= 15 is 0 Å². The van der Waals surface area contributed by atoms with Gasteiger partial charge in [0.05, 0.1) is 16.8 Å². The van der Waals surface area contributed by atoms with Crippen LogP contribution in [0.2, 0.25) is 0 Å². The van der Waals surface area contributed by atoms with Crippen LogP contribution in [0.4, 0.5) is 0 Å². The Hall–Kier alpha value is -2.20. The van der Waals surface area contributed by atoms with Crippen LogP contribution in [0, 0.1) is 6.92 Å². The topological polar surface area (TPSA) is 50.2 Å². The molecule has 0 saturated heterocycles. The summed E-state index contributed by atoms with van der Waals surface area (Å²) in [6.45, 7) is 1.99. The van der Waals surface area contributed by atoms with Crippen LogP contribution in [0.25, 0.3) is 22.2 Å². The summed E-state index contributed by atoms with van der Waals surface area (Å²) in [5.41, 5.74) is 3.63. The van der Waals surface area contributed by atoms with Crippen LogP contribution >= 0.6 is 15.9 Å². The molecule has 3 aromatic rings. The lowest BCUT2D eigenvalue weighted by molar-refractivity contribution is 0.0699. The molecule has 1 aromatic heterocycles. The molecule has 0 aliphatic heterocycles. The lowest BCUT2D eigenvalue weighted by atomic mass is 10.0. The minimum absolute atomic E-state index is 0.269. The third-order valence-corrected chi connectivity index (χ3v) is 3.92. The molecule has 21 heavy (non-hydrogen) atoms. The fourth-order valence-electron chi connectivity index (χ4n) is 2.38. The highest BCUT2D eigenvalue weighted by molar-refractivity contribution is 9.10. The third-order valence-electron chi connectivity index (χ3n) is 3.42. The first-order valence-electron chi connectivity index (χ1n) is 6.46. The van der Waals surface area contributed by atoms with E-state index in [1.165, 1.54) is 0 Å². The molecule has 0 radical (unpaired) electrons. The maximum absolute atomic E-state index is 11.5. The Kier molecular flexibility index (Phi) is 3.47. The molecule has 0 unspecified atom stereocenters.